The van der Waals surface area contributed by atoms with Gasteiger partial charge in [0.2, 0.25) is 0 Å². The van der Waals surface area contributed by atoms with Crippen molar-refractivity contribution in [2.24, 2.45) is 0 Å². The van der Waals surface area contributed by atoms with Gasteiger partial charge in [-0.3, -0.25) is 4.98 Å². The molecule has 0 bridgehead atoms. The van der Waals surface area contributed by atoms with Crippen LogP contribution in [0.1, 0.15) is 5.56 Å². The van der Waals surface area contributed by atoms with Crippen molar-refractivity contribution in [1.82, 2.24) is 4.98 Å². The van der Waals surface area contributed by atoms with Crippen LogP contribution >= 0.6 is 23.2 Å². The summed E-state index contributed by atoms with van der Waals surface area (Å²) in [7, 11) is 0. The summed E-state index contributed by atoms with van der Waals surface area (Å²) in [6.45, 7) is 0. The molecule has 0 radical (unpaired) electrons. The van der Waals surface area contributed by atoms with Gasteiger partial charge in [-0.2, -0.15) is 13.2 Å². The van der Waals surface area contributed by atoms with Crippen LogP contribution in [0.4, 0.5) is 13.2 Å². The first kappa shape index (κ1) is 14.0. The van der Waals surface area contributed by atoms with Crippen LogP contribution in [0.2, 0.25) is 10.0 Å². The number of nitrogens with zero attached hydrogens (tertiary/aromatic N) is 1. The van der Waals surface area contributed by atoms with E-state index in [-0.39, 0.29) is 16.3 Å². The van der Waals surface area contributed by atoms with Crippen molar-refractivity contribution >= 4 is 23.2 Å². The van der Waals surface area contributed by atoms with Crippen LogP contribution in [0, 0.1) is 0 Å². The van der Waals surface area contributed by atoms with Crippen LogP contribution in [0.25, 0.3) is 11.3 Å². The van der Waals surface area contributed by atoms with Crippen molar-refractivity contribution in [3.63, 3.8) is 0 Å². The predicted octanol–water partition coefficient (Wildman–Crippen LogP) is 4.78. The lowest BCUT2D eigenvalue weighted by molar-refractivity contribution is -0.137. The van der Waals surface area contributed by atoms with Gasteiger partial charge in [0.15, 0.2) is 0 Å². The number of hydrogen-bond acceptors (Lipinski definition) is 2. The van der Waals surface area contributed by atoms with E-state index in [1.807, 2.05) is 0 Å². The van der Waals surface area contributed by atoms with Gasteiger partial charge < -0.3 is 5.11 Å². The highest BCUT2D eigenvalue weighted by atomic mass is 35.5. The Hall–Kier alpha value is -1.46. The fraction of sp³-hybridized carbons (Fsp3) is 0.0833. The number of alkyl halides is 3. The van der Waals surface area contributed by atoms with Gasteiger partial charge in [0.05, 0.1) is 10.6 Å². The average Bonchev–Trinajstić information content (AvgIpc) is 2.31. The number of halogens is 5. The summed E-state index contributed by atoms with van der Waals surface area (Å²) in [6.07, 6.45) is -3.94. The second kappa shape index (κ2) is 4.90. The van der Waals surface area contributed by atoms with E-state index in [9.17, 15) is 18.3 Å². The van der Waals surface area contributed by atoms with E-state index in [0.29, 0.717) is 17.3 Å². The molecular formula is C12H6Cl2F3NO. The normalized spacial score (nSPS) is 11.6. The van der Waals surface area contributed by atoms with E-state index in [0.717, 1.165) is 0 Å². The van der Waals surface area contributed by atoms with Crippen molar-refractivity contribution in [2.75, 3.05) is 0 Å². The lowest BCUT2D eigenvalue weighted by Crippen LogP contribution is -2.05. The number of hydrogen-bond donors (Lipinski definition) is 1. The van der Waals surface area contributed by atoms with Gasteiger partial charge in [0.1, 0.15) is 11.4 Å². The van der Waals surface area contributed by atoms with Crippen LogP contribution in [-0.2, 0) is 6.18 Å². The van der Waals surface area contributed by atoms with Gasteiger partial charge in [-0.05, 0) is 24.3 Å². The molecule has 0 saturated heterocycles. The molecule has 1 heterocycles. The van der Waals surface area contributed by atoms with Crippen molar-refractivity contribution in [3.8, 4) is 17.0 Å². The molecule has 0 saturated carbocycles. The first-order valence-electron chi connectivity index (χ1n) is 5.00. The van der Waals surface area contributed by atoms with Gasteiger partial charge in [-0.25, -0.2) is 0 Å². The molecular weight excluding hydrogens is 302 g/mol. The summed E-state index contributed by atoms with van der Waals surface area (Å²) >= 11 is 11.7. The van der Waals surface area contributed by atoms with Gasteiger partial charge in [-0.15, -0.1) is 0 Å². The standard InChI is InChI=1S/C12H6Cl2F3NO/c13-7-1-2-9(14)8(4-7)11-10(19)3-6(5-18-11)12(15,16)17/h1-5,19H. The summed E-state index contributed by atoms with van der Waals surface area (Å²) in [5.74, 6) is -0.612. The molecule has 100 valence electrons. The Bertz CT molecular complexity index is 629. The monoisotopic (exact) mass is 307 g/mol. The summed E-state index contributed by atoms with van der Waals surface area (Å²) in [4.78, 5) is 3.60. The quantitative estimate of drug-likeness (QED) is 0.822. The Kier molecular flexibility index (Phi) is 3.60. The molecule has 0 amide bonds. The van der Waals surface area contributed by atoms with Crippen LogP contribution in [0.5, 0.6) is 5.75 Å². The van der Waals surface area contributed by atoms with E-state index in [4.69, 9.17) is 23.2 Å². The zero-order chi connectivity index (χ0) is 14.2. The molecule has 0 aliphatic heterocycles. The largest absolute Gasteiger partial charge is 0.506 e. The van der Waals surface area contributed by atoms with E-state index < -0.39 is 17.5 Å². The number of rotatable bonds is 1. The van der Waals surface area contributed by atoms with Crippen molar-refractivity contribution in [3.05, 3.63) is 46.1 Å². The minimum atomic E-state index is -4.57. The molecule has 7 heteroatoms. The number of aromatic hydroxyl groups is 1. The van der Waals surface area contributed by atoms with Crippen LogP contribution in [0.15, 0.2) is 30.5 Å². The first-order valence-corrected chi connectivity index (χ1v) is 5.76. The Morgan fingerprint density at radius 2 is 1.79 bits per heavy atom. The highest BCUT2D eigenvalue weighted by Crippen LogP contribution is 2.37. The molecule has 0 aliphatic rings. The van der Waals surface area contributed by atoms with Gasteiger partial charge in [-0.1, -0.05) is 23.2 Å². The molecule has 2 aromatic rings. The molecule has 2 nitrogen and oxygen atoms in total. The Morgan fingerprint density at radius 3 is 2.37 bits per heavy atom. The highest BCUT2D eigenvalue weighted by Gasteiger charge is 2.32. The SMILES string of the molecule is Oc1cc(C(F)(F)F)cnc1-c1cc(Cl)ccc1Cl. The van der Waals surface area contributed by atoms with E-state index >= 15 is 0 Å². The smallest absolute Gasteiger partial charge is 0.418 e. The third-order valence-corrected chi connectivity index (χ3v) is 2.94. The molecule has 0 spiro atoms. The van der Waals surface area contributed by atoms with Crippen LogP contribution < -0.4 is 0 Å². The number of aromatic nitrogens is 1. The highest BCUT2D eigenvalue weighted by molar-refractivity contribution is 6.35. The third-order valence-electron chi connectivity index (χ3n) is 2.38. The zero-order valence-electron chi connectivity index (χ0n) is 9.17. The summed E-state index contributed by atoms with van der Waals surface area (Å²) in [6, 6.07) is 5.01. The maximum atomic E-state index is 12.4. The predicted molar refractivity (Wildman–Crippen MR) is 66.4 cm³/mol. The Labute approximate surface area is 116 Å². The molecule has 19 heavy (non-hydrogen) atoms. The van der Waals surface area contributed by atoms with Crippen molar-refractivity contribution in [1.29, 1.82) is 0 Å². The Balaban J connectivity index is 2.55. The van der Waals surface area contributed by atoms with Gasteiger partial charge >= 0.3 is 6.18 Å². The van der Waals surface area contributed by atoms with E-state index in [1.165, 1.54) is 18.2 Å². The fourth-order valence-electron chi connectivity index (χ4n) is 1.49. The molecule has 0 aliphatic carbocycles. The minimum Gasteiger partial charge on any atom is -0.506 e. The Morgan fingerprint density at radius 1 is 1.11 bits per heavy atom. The maximum absolute atomic E-state index is 12.4. The van der Waals surface area contributed by atoms with E-state index in [2.05, 4.69) is 4.98 Å². The van der Waals surface area contributed by atoms with E-state index in [1.54, 1.807) is 0 Å². The molecule has 0 atom stereocenters. The molecule has 1 aromatic carbocycles. The number of benzene rings is 1. The van der Waals surface area contributed by atoms with Crippen molar-refractivity contribution in [2.45, 2.75) is 6.18 Å². The summed E-state index contributed by atoms with van der Waals surface area (Å²) < 4.78 is 37.3. The van der Waals surface area contributed by atoms with Crippen molar-refractivity contribution < 1.29 is 18.3 Å². The maximum Gasteiger partial charge on any atom is 0.418 e. The fourth-order valence-corrected chi connectivity index (χ4v) is 1.87. The lowest BCUT2D eigenvalue weighted by Gasteiger charge is -2.10. The van der Waals surface area contributed by atoms with Gasteiger partial charge in [0.25, 0.3) is 0 Å². The third kappa shape index (κ3) is 2.93. The van der Waals surface area contributed by atoms with Crippen LogP contribution in [0.3, 0.4) is 0 Å². The minimum absolute atomic E-state index is 0.0551. The molecule has 2 rings (SSSR count). The molecule has 0 unspecified atom stereocenters. The average molecular weight is 308 g/mol. The molecule has 0 fully saturated rings. The summed E-state index contributed by atoms with van der Waals surface area (Å²) in [5, 5.41) is 10.2. The molecule has 1 N–H and O–H groups in total. The zero-order valence-corrected chi connectivity index (χ0v) is 10.7. The molecule has 1 aromatic heterocycles. The van der Waals surface area contributed by atoms with Gasteiger partial charge in [0, 0.05) is 16.8 Å². The topological polar surface area (TPSA) is 33.1 Å². The summed E-state index contributed by atoms with van der Waals surface area (Å²) in [5.41, 5.74) is -0.826. The van der Waals surface area contributed by atoms with Crippen LogP contribution in [-0.4, -0.2) is 10.1 Å². The number of pyridine rings is 1. The first-order chi connectivity index (χ1) is 8.79. The second-order valence-electron chi connectivity index (χ2n) is 3.71. The second-order valence-corrected chi connectivity index (χ2v) is 4.56. The lowest BCUT2D eigenvalue weighted by atomic mass is 10.1.